The van der Waals surface area contributed by atoms with E-state index in [9.17, 15) is 0 Å². The molecule has 6 nitrogen and oxygen atoms in total. The summed E-state index contributed by atoms with van der Waals surface area (Å²) < 4.78 is 9.57. The van der Waals surface area contributed by atoms with Gasteiger partial charge in [-0.1, -0.05) is 12.1 Å². The SMILES string of the molecule is Cc1c(-c2nnc3n2-c2ccccc2OC3)cnn1C. The van der Waals surface area contributed by atoms with Crippen LogP contribution in [0.5, 0.6) is 5.75 Å². The molecule has 0 amide bonds. The third-order valence-electron chi connectivity index (χ3n) is 3.67. The van der Waals surface area contributed by atoms with Crippen LogP contribution in [0.1, 0.15) is 11.5 Å². The van der Waals surface area contributed by atoms with Crippen LogP contribution in [0.15, 0.2) is 30.5 Å². The molecule has 0 aliphatic carbocycles. The van der Waals surface area contributed by atoms with Crippen molar-refractivity contribution in [3.05, 3.63) is 42.0 Å². The molecule has 20 heavy (non-hydrogen) atoms. The molecule has 0 spiro atoms. The molecule has 0 N–H and O–H groups in total. The molecule has 6 heteroatoms. The van der Waals surface area contributed by atoms with Crippen LogP contribution in [0.4, 0.5) is 0 Å². The quantitative estimate of drug-likeness (QED) is 0.675. The molecule has 0 unspecified atom stereocenters. The highest BCUT2D eigenvalue weighted by atomic mass is 16.5. The summed E-state index contributed by atoms with van der Waals surface area (Å²) in [7, 11) is 1.92. The van der Waals surface area contributed by atoms with Gasteiger partial charge >= 0.3 is 0 Å². The van der Waals surface area contributed by atoms with E-state index in [0.717, 1.165) is 34.3 Å². The number of hydrogen-bond acceptors (Lipinski definition) is 4. The lowest BCUT2D eigenvalue weighted by Crippen LogP contribution is -2.13. The van der Waals surface area contributed by atoms with Crippen LogP contribution in [0, 0.1) is 6.92 Å². The fraction of sp³-hybridized carbons (Fsp3) is 0.214. The number of aromatic nitrogens is 5. The zero-order valence-electron chi connectivity index (χ0n) is 11.2. The number of nitrogens with zero attached hydrogens (tertiary/aromatic N) is 5. The first-order valence-corrected chi connectivity index (χ1v) is 6.41. The van der Waals surface area contributed by atoms with Crippen molar-refractivity contribution in [3.8, 4) is 22.8 Å². The summed E-state index contributed by atoms with van der Waals surface area (Å²) >= 11 is 0. The molecule has 0 bridgehead atoms. The number of aryl methyl sites for hydroxylation is 1. The summed E-state index contributed by atoms with van der Waals surface area (Å²) in [6.07, 6.45) is 1.82. The molecule has 2 aromatic heterocycles. The van der Waals surface area contributed by atoms with Gasteiger partial charge < -0.3 is 4.74 Å². The van der Waals surface area contributed by atoms with Crippen molar-refractivity contribution in [2.45, 2.75) is 13.5 Å². The van der Waals surface area contributed by atoms with Crippen LogP contribution < -0.4 is 4.74 Å². The van der Waals surface area contributed by atoms with E-state index >= 15 is 0 Å². The highest BCUT2D eigenvalue weighted by Crippen LogP contribution is 2.33. The molecule has 1 aromatic carbocycles. The molecule has 3 heterocycles. The van der Waals surface area contributed by atoms with E-state index in [-0.39, 0.29) is 0 Å². The van der Waals surface area contributed by atoms with Crippen LogP contribution in [0.3, 0.4) is 0 Å². The number of hydrogen-bond donors (Lipinski definition) is 0. The first-order valence-electron chi connectivity index (χ1n) is 6.41. The van der Waals surface area contributed by atoms with E-state index in [2.05, 4.69) is 15.3 Å². The summed E-state index contributed by atoms with van der Waals surface area (Å²) in [5, 5.41) is 12.8. The van der Waals surface area contributed by atoms with Crippen molar-refractivity contribution in [2.75, 3.05) is 0 Å². The maximum atomic E-state index is 5.69. The zero-order valence-corrected chi connectivity index (χ0v) is 11.2. The molecule has 0 atom stereocenters. The number of fused-ring (bicyclic) bond motifs is 3. The van der Waals surface area contributed by atoms with Gasteiger partial charge in [-0.15, -0.1) is 10.2 Å². The maximum Gasteiger partial charge on any atom is 0.176 e. The number of rotatable bonds is 1. The smallest absolute Gasteiger partial charge is 0.176 e. The van der Waals surface area contributed by atoms with E-state index in [4.69, 9.17) is 4.74 Å². The van der Waals surface area contributed by atoms with Gasteiger partial charge in [0.15, 0.2) is 11.6 Å². The first-order chi connectivity index (χ1) is 9.75. The summed E-state index contributed by atoms with van der Waals surface area (Å²) in [5.41, 5.74) is 3.02. The number of ether oxygens (including phenoxy) is 1. The molecule has 1 aliphatic rings. The molecule has 0 radical (unpaired) electrons. The van der Waals surface area contributed by atoms with E-state index in [1.54, 1.807) is 0 Å². The van der Waals surface area contributed by atoms with Crippen molar-refractivity contribution >= 4 is 0 Å². The molecular weight excluding hydrogens is 254 g/mol. The Kier molecular flexibility index (Phi) is 2.20. The highest BCUT2D eigenvalue weighted by Gasteiger charge is 2.24. The number of para-hydroxylation sites is 2. The van der Waals surface area contributed by atoms with Gasteiger partial charge in [-0.05, 0) is 19.1 Å². The molecule has 0 fully saturated rings. The van der Waals surface area contributed by atoms with Gasteiger partial charge in [0.2, 0.25) is 0 Å². The van der Waals surface area contributed by atoms with Crippen LogP contribution in [0.25, 0.3) is 17.1 Å². The van der Waals surface area contributed by atoms with Crippen LogP contribution in [-0.4, -0.2) is 24.5 Å². The Morgan fingerprint density at radius 1 is 1.20 bits per heavy atom. The molecule has 0 saturated heterocycles. The van der Waals surface area contributed by atoms with Gasteiger partial charge in [0, 0.05) is 12.7 Å². The van der Waals surface area contributed by atoms with Gasteiger partial charge in [-0.2, -0.15) is 5.10 Å². The van der Waals surface area contributed by atoms with E-state index in [1.807, 2.05) is 53.7 Å². The highest BCUT2D eigenvalue weighted by molar-refractivity contribution is 5.63. The molecule has 3 aromatic rings. The third-order valence-corrected chi connectivity index (χ3v) is 3.67. The maximum absolute atomic E-state index is 5.69. The fourth-order valence-corrected chi connectivity index (χ4v) is 2.46. The molecule has 1 aliphatic heterocycles. The number of benzene rings is 1. The minimum Gasteiger partial charge on any atom is -0.483 e. The van der Waals surface area contributed by atoms with E-state index in [1.165, 1.54) is 0 Å². The second kappa shape index (κ2) is 3.93. The molecule has 100 valence electrons. The van der Waals surface area contributed by atoms with E-state index < -0.39 is 0 Å². The molecule has 0 saturated carbocycles. The summed E-state index contributed by atoms with van der Waals surface area (Å²) in [5.74, 6) is 2.46. The Labute approximate surface area is 115 Å². The Hall–Kier alpha value is -2.63. The Bertz CT molecular complexity index is 802. The van der Waals surface area contributed by atoms with Crippen molar-refractivity contribution in [1.82, 2.24) is 24.5 Å². The lowest BCUT2D eigenvalue weighted by molar-refractivity contribution is 0.279. The van der Waals surface area contributed by atoms with E-state index in [0.29, 0.717) is 6.61 Å². The summed E-state index contributed by atoms with van der Waals surface area (Å²) in [4.78, 5) is 0. The van der Waals surface area contributed by atoms with Gasteiger partial charge in [-0.3, -0.25) is 9.25 Å². The lowest BCUT2D eigenvalue weighted by atomic mass is 10.2. The molecule has 4 rings (SSSR count). The Morgan fingerprint density at radius 2 is 2.05 bits per heavy atom. The second-order valence-corrected chi connectivity index (χ2v) is 4.80. The van der Waals surface area contributed by atoms with Gasteiger partial charge in [0.1, 0.15) is 12.4 Å². The first kappa shape index (κ1) is 11.2. The molecular formula is C14H13N5O. The van der Waals surface area contributed by atoms with Crippen LogP contribution in [-0.2, 0) is 13.7 Å². The topological polar surface area (TPSA) is 57.8 Å². The zero-order chi connectivity index (χ0) is 13.7. The van der Waals surface area contributed by atoms with Crippen molar-refractivity contribution < 1.29 is 4.74 Å². The fourth-order valence-electron chi connectivity index (χ4n) is 2.46. The van der Waals surface area contributed by atoms with Crippen molar-refractivity contribution in [1.29, 1.82) is 0 Å². The lowest BCUT2D eigenvalue weighted by Gasteiger charge is -2.19. The van der Waals surface area contributed by atoms with Crippen LogP contribution >= 0.6 is 0 Å². The monoisotopic (exact) mass is 267 g/mol. The Balaban J connectivity index is 1.98. The Morgan fingerprint density at radius 3 is 2.85 bits per heavy atom. The average molecular weight is 267 g/mol. The van der Waals surface area contributed by atoms with Crippen molar-refractivity contribution in [3.63, 3.8) is 0 Å². The van der Waals surface area contributed by atoms with Crippen LogP contribution in [0.2, 0.25) is 0 Å². The standard InChI is InChI=1S/C14H13N5O/c1-9-10(7-15-18(9)2)14-17-16-13-8-20-12-6-4-3-5-11(12)19(13)14/h3-7H,8H2,1-2H3. The summed E-state index contributed by atoms with van der Waals surface area (Å²) in [6, 6.07) is 7.91. The van der Waals surface area contributed by atoms with Gasteiger partial charge in [0.25, 0.3) is 0 Å². The second-order valence-electron chi connectivity index (χ2n) is 4.80. The normalized spacial score (nSPS) is 12.7. The minimum absolute atomic E-state index is 0.434. The minimum atomic E-state index is 0.434. The van der Waals surface area contributed by atoms with Crippen molar-refractivity contribution in [2.24, 2.45) is 7.05 Å². The predicted molar refractivity (Wildman–Crippen MR) is 72.6 cm³/mol. The average Bonchev–Trinajstić information content (AvgIpc) is 3.04. The predicted octanol–water partition coefficient (Wildman–Crippen LogP) is 1.87. The van der Waals surface area contributed by atoms with Gasteiger partial charge in [-0.25, -0.2) is 0 Å². The largest absolute Gasteiger partial charge is 0.483 e. The summed E-state index contributed by atoms with van der Waals surface area (Å²) in [6.45, 7) is 2.46. The van der Waals surface area contributed by atoms with Gasteiger partial charge in [0.05, 0.1) is 17.4 Å². The third kappa shape index (κ3) is 1.41.